The highest BCUT2D eigenvalue weighted by molar-refractivity contribution is 5.91. The third-order valence-corrected chi connectivity index (χ3v) is 10.4. The maximum atomic E-state index is 12.8. The molecule has 2 N–H and O–H groups in total. The van der Waals surface area contributed by atoms with E-state index in [0.29, 0.717) is 24.2 Å². The Morgan fingerprint density at radius 3 is 2.47 bits per heavy atom. The Hall–Kier alpha value is -2.96. The average molecular weight is 522 g/mol. The summed E-state index contributed by atoms with van der Waals surface area (Å²) in [6, 6.07) is 6.34. The first kappa shape index (κ1) is 26.6. The monoisotopic (exact) mass is 521 g/mol. The molecule has 1 amide bonds. The highest BCUT2D eigenvalue weighted by Gasteiger charge is 2.59. The van der Waals surface area contributed by atoms with E-state index in [2.05, 4.69) is 19.2 Å². The molecule has 6 atom stereocenters. The Bertz CT molecular complexity index is 1160. The number of carboxylic acid groups (broad SMARTS) is 1. The molecule has 3 fully saturated rings. The van der Waals surface area contributed by atoms with Crippen molar-refractivity contribution in [3.8, 4) is 0 Å². The Morgan fingerprint density at radius 1 is 0.974 bits per heavy atom. The molecule has 0 heterocycles. The largest absolute Gasteiger partial charge is 0.478 e. The maximum Gasteiger partial charge on any atom is 0.335 e. The summed E-state index contributed by atoms with van der Waals surface area (Å²) in [5.74, 6) is 0.501. The zero-order valence-electron chi connectivity index (χ0n) is 22.5. The molecule has 1 aromatic carbocycles. The highest BCUT2D eigenvalue weighted by atomic mass is 16.5. The van der Waals surface area contributed by atoms with Crippen molar-refractivity contribution in [3.05, 3.63) is 47.0 Å². The quantitative estimate of drug-likeness (QED) is 0.476. The second-order valence-electron chi connectivity index (χ2n) is 12.3. The molecule has 7 heteroatoms. The SMILES string of the molecule is C[C@]12CC[C@@H]3[C@@H](CCC4=CC(=O)CC[C@@]43C)[C@@H]1CC[C@@H]2OC(=O)CCC(=O)NCc1ccc(C(=O)O)cc1. The lowest BCUT2D eigenvalue weighted by molar-refractivity contribution is -0.160. The number of aromatic carboxylic acids is 1. The van der Waals surface area contributed by atoms with Crippen LogP contribution in [-0.2, 0) is 25.7 Å². The molecule has 0 unspecified atom stereocenters. The van der Waals surface area contributed by atoms with E-state index in [4.69, 9.17) is 9.84 Å². The van der Waals surface area contributed by atoms with Crippen LogP contribution in [0.3, 0.4) is 0 Å². The maximum absolute atomic E-state index is 12.8. The molecule has 4 aliphatic rings. The molecule has 4 aliphatic carbocycles. The molecule has 0 aromatic heterocycles. The van der Waals surface area contributed by atoms with E-state index in [1.165, 1.54) is 17.7 Å². The lowest BCUT2D eigenvalue weighted by atomic mass is 9.47. The summed E-state index contributed by atoms with van der Waals surface area (Å²) < 4.78 is 6.03. The fraction of sp³-hybridized carbons (Fsp3) is 0.613. The number of benzene rings is 1. The van der Waals surface area contributed by atoms with Crippen LogP contribution in [-0.4, -0.2) is 34.8 Å². The molecule has 0 saturated heterocycles. The summed E-state index contributed by atoms with van der Waals surface area (Å²) in [4.78, 5) is 48.1. The summed E-state index contributed by atoms with van der Waals surface area (Å²) in [7, 11) is 0. The van der Waals surface area contributed by atoms with Crippen LogP contribution in [0.5, 0.6) is 0 Å². The Kier molecular flexibility index (Phi) is 7.23. The van der Waals surface area contributed by atoms with Crippen LogP contribution in [0, 0.1) is 28.6 Å². The van der Waals surface area contributed by atoms with Gasteiger partial charge < -0.3 is 15.2 Å². The molecule has 0 aliphatic heterocycles. The number of carboxylic acids is 1. The van der Waals surface area contributed by atoms with Gasteiger partial charge >= 0.3 is 11.9 Å². The molecular weight excluding hydrogens is 482 g/mol. The zero-order valence-corrected chi connectivity index (χ0v) is 22.5. The van der Waals surface area contributed by atoms with Gasteiger partial charge in [0.15, 0.2) is 5.78 Å². The van der Waals surface area contributed by atoms with Gasteiger partial charge in [-0.05, 0) is 91.9 Å². The van der Waals surface area contributed by atoms with Crippen LogP contribution in [0.2, 0.25) is 0 Å². The highest BCUT2D eigenvalue weighted by Crippen LogP contribution is 2.65. The van der Waals surface area contributed by atoms with Crippen LogP contribution in [0.15, 0.2) is 35.9 Å². The predicted octanol–water partition coefficient (Wildman–Crippen LogP) is 5.22. The lowest BCUT2D eigenvalue weighted by Gasteiger charge is -2.57. The van der Waals surface area contributed by atoms with E-state index >= 15 is 0 Å². The van der Waals surface area contributed by atoms with Gasteiger partial charge in [0.2, 0.25) is 5.91 Å². The topological polar surface area (TPSA) is 110 Å². The second-order valence-corrected chi connectivity index (χ2v) is 12.3. The van der Waals surface area contributed by atoms with Gasteiger partial charge in [0.05, 0.1) is 12.0 Å². The number of allylic oxidation sites excluding steroid dienone is 1. The number of fused-ring (bicyclic) bond motifs is 5. The number of hydrogen-bond donors (Lipinski definition) is 2. The minimum atomic E-state index is -0.990. The van der Waals surface area contributed by atoms with E-state index < -0.39 is 5.97 Å². The van der Waals surface area contributed by atoms with Gasteiger partial charge in [0, 0.05) is 24.8 Å². The normalized spacial score (nSPS) is 33.8. The lowest BCUT2D eigenvalue weighted by Crippen LogP contribution is -2.51. The van der Waals surface area contributed by atoms with Crippen LogP contribution in [0.25, 0.3) is 0 Å². The first-order chi connectivity index (χ1) is 18.1. The van der Waals surface area contributed by atoms with Gasteiger partial charge in [-0.15, -0.1) is 0 Å². The van der Waals surface area contributed by atoms with Crippen molar-refractivity contribution in [2.45, 2.75) is 90.7 Å². The third-order valence-electron chi connectivity index (χ3n) is 10.4. The predicted molar refractivity (Wildman–Crippen MR) is 141 cm³/mol. The number of ketones is 1. The van der Waals surface area contributed by atoms with Crippen molar-refractivity contribution in [3.63, 3.8) is 0 Å². The fourth-order valence-corrected chi connectivity index (χ4v) is 8.19. The van der Waals surface area contributed by atoms with Crippen LogP contribution < -0.4 is 5.32 Å². The molecular formula is C31H39NO6. The molecule has 3 saturated carbocycles. The van der Waals surface area contributed by atoms with E-state index in [1.807, 2.05) is 6.08 Å². The molecule has 38 heavy (non-hydrogen) atoms. The fourth-order valence-electron chi connectivity index (χ4n) is 8.19. The number of esters is 1. The Labute approximate surface area is 224 Å². The van der Waals surface area contributed by atoms with Crippen molar-refractivity contribution in [2.24, 2.45) is 28.6 Å². The van der Waals surface area contributed by atoms with Crippen molar-refractivity contribution < 1.29 is 29.0 Å². The average Bonchev–Trinajstić information content (AvgIpc) is 3.22. The van der Waals surface area contributed by atoms with E-state index in [9.17, 15) is 19.2 Å². The molecule has 0 spiro atoms. The number of amides is 1. The zero-order chi connectivity index (χ0) is 27.1. The first-order valence-electron chi connectivity index (χ1n) is 14.1. The van der Waals surface area contributed by atoms with Crippen LogP contribution in [0.4, 0.5) is 0 Å². The molecule has 204 valence electrons. The van der Waals surface area contributed by atoms with Crippen LogP contribution in [0.1, 0.15) is 94.0 Å². The molecule has 1 aromatic rings. The Morgan fingerprint density at radius 2 is 1.74 bits per heavy atom. The van der Waals surface area contributed by atoms with Gasteiger partial charge in [-0.25, -0.2) is 4.79 Å². The first-order valence-corrected chi connectivity index (χ1v) is 14.1. The van der Waals surface area contributed by atoms with E-state index in [-0.39, 0.29) is 59.5 Å². The smallest absolute Gasteiger partial charge is 0.335 e. The van der Waals surface area contributed by atoms with Gasteiger partial charge in [-0.2, -0.15) is 0 Å². The number of carbonyl (C=O) groups is 4. The molecule has 0 bridgehead atoms. The van der Waals surface area contributed by atoms with Gasteiger partial charge in [-0.1, -0.05) is 31.6 Å². The molecule has 7 nitrogen and oxygen atoms in total. The number of rotatable bonds is 7. The van der Waals surface area contributed by atoms with Crippen molar-refractivity contribution in [1.82, 2.24) is 5.32 Å². The van der Waals surface area contributed by atoms with Crippen molar-refractivity contribution >= 4 is 23.6 Å². The summed E-state index contributed by atoms with van der Waals surface area (Å²) >= 11 is 0. The second kappa shape index (κ2) is 10.3. The standard InChI is InChI=1S/C31H39NO6/c1-30-15-13-22(33)17-21(30)7-8-23-24-9-10-26(31(24,2)16-14-25(23)30)38-28(35)12-11-27(34)32-18-19-3-5-20(6-4-19)29(36)37/h3-6,17,23-26H,7-16,18H2,1-2H3,(H,32,34)(H,36,37)/t23-,24-,25+,26-,30-,31-/m0/s1. The van der Waals surface area contributed by atoms with Crippen LogP contribution >= 0.6 is 0 Å². The number of hydrogen-bond acceptors (Lipinski definition) is 5. The summed E-state index contributed by atoms with van der Waals surface area (Å²) in [6.45, 7) is 4.97. The van der Waals surface area contributed by atoms with Gasteiger partial charge in [-0.3, -0.25) is 14.4 Å². The number of carbonyl (C=O) groups excluding carboxylic acids is 3. The van der Waals surface area contributed by atoms with Crippen molar-refractivity contribution in [1.29, 1.82) is 0 Å². The van der Waals surface area contributed by atoms with E-state index in [1.54, 1.807) is 12.1 Å². The minimum Gasteiger partial charge on any atom is -0.478 e. The Balaban J connectivity index is 1.12. The minimum absolute atomic E-state index is 0.0245. The summed E-state index contributed by atoms with van der Waals surface area (Å²) in [5.41, 5.74) is 2.48. The molecule has 5 rings (SSSR count). The van der Waals surface area contributed by atoms with Gasteiger partial charge in [0.1, 0.15) is 6.10 Å². The van der Waals surface area contributed by atoms with Gasteiger partial charge in [0.25, 0.3) is 0 Å². The summed E-state index contributed by atoms with van der Waals surface area (Å²) in [6.07, 6.45) is 9.83. The number of ether oxygens (including phenoxy) is 1. The van der Waals surface area contributed by atoms with E-state index in [0.717, 1.165) is 50.5 Å². The third kappa shape index (κ3) is 4.92. The summed E-state index contributed by atoms with van der Waals surface area (Å²) in [5, 5.41) is 11.8. The van der Waals surface area contributed by atoms with Crippen molar-refractivity contribution in [2.75, 3.05) is 0 Å². The molecule has 0 radical (unpaired) electrons. The number of nitrogens with one attached hydrogen (secondary N) is 1.